The molecule has 140 valence electrons. The first-order valence-corrected chi connectivity index (χ1v) is 9.87. The molecule has 1 saturated carbocycles. The standard InChI is InChI=1S/C20H28N4O2/c1-14-12-21-20(26-14)19-16-13-24(11-10-17(16)23(2)22-19)18(25)9-8-15-6-4-3-5-7-15/h12,15H,3-11,13H2,1-2H3. The van der Waals surface area contributed by atoms with Gasteiger partial charge in [0.15, 0.2) is 5.69 Å². The van der Waals surface area contributed by atoms with Gasteiger partial charge in [-0.1, -0.05) is 32.1 Å². The first-order valence-electron chi connectivity index (χ1n) is 9.87. The molecule has 0 saturated heterocycles. The van der Waals surface area contributed by atoms with E-state index in [4.69, 9.17) is 4.42 Å². The van der Waals surface area contributed by atoms with E-state index in [9.17, 15) is 4.79 Å². The second-order valence-electron chi connectivity index (χ2n) is 7.78. The van der Waals surface area contributed by atoms with E-state index in [0.717, 1.165) is 42.3 Å². The van der Waals surface area contributed by atoms with Gasteiger partial charge in [0, 0.05) is 44.2 Å². The number of hydrogen-bond acceptors (Lipinski definition) is 4. The molecule has 1 aliphatic carbocycles. The summed E-state index contributed by atoms with van der Waals surface area (Å²) in [6, 6.07) is 0. The van der Waals surface area contributed by atoms with E-state index in [0.29, 0.717) is 18.9 Å². The minimum Gasteiger partial charge on any atom is -0.440 e. The molecule has 0 N–H and O–H groups in total. The van der Waals surface area contributed by atoms with Crippen LogP contribution in [0.2, 0.25) is 0 Å². The Morgan fingerprint density at radius 1 is 1.31 bits per heavy atom. The summed E-state index contributed by atoms with van der Waals surface area (Å²) in [5.41, 5.74) is 3.05. The summed E-state index contributed by atoms with van der Waals surface area (Å²) in [6.07, 6.45) is 10.9. The van der Waals surface area contributed by atoms with Gasteiger partial charge in [0.1, 0.15) is 5.76 Å². The Morgan fingerprint density at radius 2 is 2.12 bits per heavy atom. The molecule has 1 aliphatic heterocycles. The van der Waals surface area contributed by atoms with Gasteiger partial charge in [-0.15, -0.1) is 0 Å². The third-order valence-corrected chi connectivity index (χ3v) is 5.91. The van der Waals surface area contributed by atoms with Crippen molar-refractivity contribution in [3.63, 3.8) is 0 Å². The maximum absolute atomic E-state index is 12.8. The molecular weight excluding hydrogens is 328 g/mol. The number of aryl methyl sites for hydroxylation is 2. The molecule has 6 nitrogen and oxygen atoms in total. The van der Waals surface area contributed by atoms with Crippen molar-refractivity contribution >= 4 is 5.91 Å². The first kappa shape index (κ1) is 17.3. The Labute approximate surface area is 154 Å². The van der Waals surface area contributed by atoms with Crippen molar-refractivity contribution < 1.29 is 9.21 Å². The molecule has 1 fully saturated rings. The van der Waals surface area contributed by atoms with Gasteiger partial charge < -0.3 is 9.32 Å². The van der Waals surface area contributed by atoms with Gasteiger partial charge in [-0.05, 0) is 19.3 Å². The van der Waals surface area contributed by atoms with Crippen LogP contribution >= 0.6 is 0 Å². The maximum atomic E-state index is 12.8. The van der Waals surface area contributed by atoms with Crippen molar-refractivity contribution in [1.29, 1.82) is 0 Å². The summed E-state index contributed by atoms with van der Waals surface area (Å²) in [7, 11) is 1.96. The van der Waals surface area contributed by atoms with Gasteiger partial charge in [0.2, 0.25) is 11.8 Å². The molecule has 0 unspecified atom stereocenters. The molecule has 0 radical (unpaired) electrons. The Balaban J connectivity index is 1.45. The van der Waals surface area contributed by atoms with Crippen LogP contribution in [0, 0.1) is 12.8 Å². The van der Waals surface area contributed by atoms with Crippen molar-refractivity contribution in [1.82, 2.24) is 19.7 Å². The van der Waals surface area contributed by atoms with E-state index in [1.165, 1.54) is 37.8 Å². The second kappa shape index (κ2) is 7.25. The highest BCUT2D eigenvalue weighted by Gasteiger charge is 2.29. The smallest absolute Gasteiger partial charge is 0.247 e. The fourth-order valence-electron chi connectivity index (χ4n) is 4.40. The van der Waals surface area contributed by atoms with Gasteiger partial charge in [-0.25, -0.2) is 4.98 Å². The zero-order valence-electron chi connectivity index (χ0n) is 15.8. The second-order valence-corrected chi connectivity index (χ2v) is 7.78. The minimum absolute atomic E-state index is 0.277. The van der Waals surface area contributed by atoms with Gasteiger partial charge in [0.05, 0.1) is 6.20 Å². The number of hydrogen-bond donors (Lipinski definition) is 0. The fraction of sp³-hybridized carbons (Fsp3) is 0.650. The number of amides is 1. The largest absolute Gasteiger partial charge is 0.440 e. The Bertz CT molecular complexity index is 786. The van der Waals surface area contributed by atoms with Crippen molar-refractivity contribution in [2.24, 2.45) is 13.0 Å². The van der Waals surface area contributed by atoms with Gasteiger partial charge in [0.25, 0.3) is 0 Å². The van der Waals surface area contributed by atoms with E-state index in [1.54, 1.807) is 6.20 Å². The number of rotatable bonds is 4. The quantitative estimate of drug-likeness (QED) is 0.839. The van der Waals surface area contributed by atoms with Crippen LogP contribution in [0.1, 0.15) is 62.0 Å². The van der Waals surface area contributed by atoms with E-state index in [2.05, 4.69) is 10.1 Å². The van der Waals surface area contributed by atoms with E-state index >= 15 is 0 Å². The summed E-state index contributed by atoms with van der Waals surface area (Å²) in [5.74, 6) is 2.35. The molecule has 0 spiro atoms. The van der Waals surface area contributed by atoms with Crippen LogP contribution in [0.15, 0.2) is 10.6 Å². The molecule has 0 bridgehead atoms. The van der Waals surface area contributed by atoms with Crippen LogP contribution < -0.4 is 0 Å². The zero-order chi connectivity index (χ0) is 18.1. The van der Waals surface area contributed by atoms with Crippen LogP contribution in [-0.4, -0.2) is 32.1 Å². The molecular formula is C20H28N4O2. The molecule has 1 amide bonds. The summed E-state index contributed by atoms with van der Waals surface area (Å²) < 4.78 is 7.59. The SMILES string of the molecule is Cc1cnc(-c2nn(C)c3c2CN(C(=O)CCC2CCCCC2)CC3)o1. The van der Waals surface area contributed by atoms with Crippen LogP contribution in [0.25, 0.3) is 11.6 Å². The lowest BCUT2D eigenvalue weighted by atomic mass is 9.86. The van der Waals surface area contributed by atoms with Crippen molar-refractivity contribution in [3.05, 3.63) is 23.2 Å². The lowest BCUT2D eigenvalue weighted by molar-refractivity contribution is -0.132. The molecule has 3 heterocycles. The normalized spacial score (nSPS) is 18.2. The number of carbonyl (C=O) groups is 1. The predicted molar refractivity (Wildman–Crippen MR) is 98.4 cm³/mol. The molecule has 6 heteroatoms. The zero-order valence-corrected chi connectivity index (χ0v) is 15.8. The lowest BCUT2D eigenvalue weighted by Gasteiger charge is -2.28. The van der Waals surface area contributed by atoms with Gasteiger partial charge in [-0.2, -0.15) is 5.10 Å². The van der Waals surface area contributed by atoms with Crippen molar-refractivity contribution in [3.8, 4) is 11.6 Å². The number of fused-ring (bicyclic) bond motifs is 1. The Hall–Kier alpha value is -2.11. The Kier molecular flexibility index (Phi) is 4.83. The fourth-order valence-corrected chi connectivity index (χ4v) is 4.40. The van der Waals surface area contributed by atoms with E-state index in [-0.39, 0.29) is 5.91 Å². The third-order valence-electron chi connectivity index (χ3n) is 5.91. The van der Waals surface area contributed by atoms with Crippen LogP contribution in [0.5, 0.6) is 0 Å². The monoisotopic (exact) mass is 356 g/mol. The maximum Gasteiger partial charge on any atom is 0.247 e. The first-order chi connectivity index (χ1) is 12.6. The topological polar surface area (TPSA) is 64.2 Å². The molecule has 4 rings (SSSR count). The molecule has 2 aliphatic rings. The average Bonchev–Trinajstić information content (AvgIpc) is 3.23. The number of carbonyl (C=O) groups excluding carboxylic acids is 1. The van der Waals surface area contributed by atoms with Crippen molar-refractivity contribution in [2.45, 2.75) is 64.8 Å². The van der Waals surface area contributed by atoms with E-state index in [1.807, 2.05) is 23.6 Å². The minimum atomic E-state index is 0.277. The highest BCUT2D eigenvalue weighted by atomic mass is 16.4. The number of aromatic nitrogens is 3. The molecule has 0 aromatic carbocycles. The Morgan fingerprint density at radius 3 is 2.85 bits per heavy atom. The van der Waals surface area contributed by atoms with E-state index < -0.39 is 0 Å². The summed E-state index contributed by atoms with van der Waals surface area (Å²) in [4.78, 5) is 19.1. The van der Waals surface area contributed by atoms with Crippen molar-refractivity contribution in [2.75, 3.05) is 6.54 Å². The molecule has 26 heavy (non-hydrogen) atoms. The van der Waals surface area contributed by atoms with Crippen LogP contribution in [-0.2, 0) is 24.8 Å². The summed E-state index contributed by atoms with van der Waals surface area (Å²) in [6.45, 7) is 3.27. The van der Waals surface area contributed by atoms with Crippen LogP contribution in [0.3, 0.4) is 0 Å². The summed E-state index contributed by atoms with van der Waals surface area (Å²) >= 11 is 0. The molecule has 2 aromatic heterocycles. The molecule has 0 atom stereocenters. The average molecular weight is 356 g/mol. The van der Waals surface area contributed by atoms with Crippen LogP contribution in [0.4, 0.5) is 0 Å². The lowest BCUT2D eigenvalue weighted by Crippen LogP contribution is -2.36. The predicted octanol–water partition coefficient (Wildman–Crippen LogP) is 3.63. The van der Waals surface area contributed by atoms with Gasteiger partial charge >= 0.3 is 0 Å². The number of oxazole rings is 1. The highest BCUT2D eigenvalue weighted by molar-refractivity contribution is 5.77. The third kappa shape index (κ3) is 3.41. The van der Waals surface area contributed by atoms with Gasteiger partial charge in [-0.3, -0.25) is 9.48 Å². The highest BCUT2D eigenvalue weighted by Crippen LogP contribution is 2.31. The number of nitrogens with zero attached hydrogens (tertiary/aromatic N) is 4. The summed E-state index contributed by atoms with van der Waals surface area (Å²) in [5, 5.41) is 4.61. The molecule has 2 aromatic rings.